The second-order valence-electron chi connectivity index (χ2n) is 5.75. The highest BCUT2D eigenvalue weighted by atomic mass is 16.5. The molecule has 1 amide bonds. The third-order valence-corrected chi connectivity index (χ3v) is 3.51. The van der Waals surface area contributed by atoms with Gasteiger partial charge < -0.3 is 9.84 Å². The van der Waals surface area contributed by atoms with E-state index in [1.807, 2.05) is 44.2 Å². The maximum atomic E-state index is 12.1. The molecule has 0 unspecified atom stereocenters. The molecule has 7 nitrogen and oxygen atoms in total. The van der Waals surface area contributed by atoms with Gasteiger partial charge in [-0.1, -0.05) is 35.5 Å². The molecule has 2 aromatic heterocycles. The molecule has 24 heavy (non-hydrogen) atoms. The van der Waals surface area contributed by atoms with Gasteiger partial charge in [-0.15, -0.1) is 0 Å². The van der Waals surface area contributed by atoms with Crippen LogP contribution < -0.4 is 5.32 Å². The molecule has 0 saturated carbocycles. The fourth-order valence-corrected chi connectivity index (χ4v) is 2.20. The van der Waals surface area contributed by atoms with Crippen LogP contribution in [-0.2, 0) is 13.0 Å². The van der Waals surface area contributed by atoms with Crippen molar-refractivity contribution in [3.05, 3.63) is 65.6 Å². The zero-order chi connectivity index (χ0) is 16.9. The molecular weight excluding hydrogens is 306 g/mol. The van der Waals surface area contributed by atoms with Crippen molar-refractivity contribution in [1.29, 1.82) is 0 Å². The van der Waals surface area contributed by atoms with E-state index in [0.29, 0.717) is 23.7 Å². The monoisotopic (exact) mass is 325 g/mol. The number of carbonyl (C=O) groups is 1. The van der Waals surface area contributed by atoms with Gasteiger partial charge in [-0.2, -0.15) is 10.1 Å². The lowest BCUT2D eigenvalue weighted by Gasteiger charge is -2.03. The summed E-state index contributed by atoms with van der Waals surface area (Å²) in [6, 6.07) is 10.1. The summed E-state index contributed by atoms with van der Waals surface area (Å²) in [4.78, 5) is 16.4. The number of nitrogens with zero attached hydrogens (tertiary/aromatic N) is 4. The van der Waals surface area contributed by atoms with E-state index in [0.717, 1.165) is 5.56 Å². The normalized spacial score (nSPS) is 11.0. The summed E-state index contributed by atoms with van der Waals surface area (Å²) in [6.45, 7) is 4.22. The van der Waals surface area contributed by atoms with Gasteiger partial charge in [0.1, 0.15) is 0 Å². The van der Waals surface area contributed by atoms with E-state index in [1.54, 1.807) is 17.1 Å². The predicted molar refractivity (Wildman–Crippen MR) is 87.3 cm³/mol. The van der Waals surface area contributed by atoms with E-state index < -0.39 is 0 Å². The Bertz CT molecular complexity index is 807. The summed E-state index contributed by atoms with van der Waals surface area (Å²) in [5.74, 6) is 0.764. The smallest absolute Gasteiger partial charge is 0.254 e. The van der Waals surface area contributed by atoms with Crippen LogP contribution in [0.4, 0.5) is 0 Å². The highest BCUT2D eigenvalue weighted by Crippen LogP contribution is 2.08. The van der Waals surface area contributed by atoms with E-state index in [2.05, 4.69) is 20.6 Å². The quantitative estimate of drug-likeness (QED) is 0.752. The van der Waals surface area contributed by atoms with Crippen molar-refractivity contribution in [2.75, 3.05) is 0 Å². The van der Waals surface area contributed by atoms with E-state index in [1.165, 1.54) is 0 Å². The first-order chi connectivity index (χ1) is 11.6. The van der Waals surface area contributed by atoms with Crippen molar-refractivity contribution in [2.45, 2.75) is 32.9 Å². The van der Waals surface area contributed by atoms with Crippen LogP contribution in [0.25, 0.3) is 0 Å². The molecule has 0 aliphatic heterocycles. The molecule has 7 heteroatoms. The Labute approximate surface area is 139 Å². The average molecular weight is 325 g/mol. The van der Waals surface area contributed by atoms with Crippen molar-refractivity contribution < 1.29 is 9.32 Å². The lowest BCUT2D eigenvalue weighted by Crippen LogP contribution is -2.23. The highest BCUT2D eigenvalue weighted by molar-refractivity contribution is 5.93. The van der Waals surface area contributed by atoms with Crippen LogP contribution in [0.15, 0.2) is 47.2 Å². The van der Waals surface area contributed by atoms with E-state index in [4.69, 9.17) is 4.52 Å². The zero-order valence-electron chi connectivity index (χ0n) is 13.6. The molecule has 0 radical (unpaired) electrons. The SMILES string of the molecule is CC(C)n1cc(C(=O)NCc2noc(Cc3ccccc3)n2)cn1. The number of amides is 1. The first-order valence-electron chi connectivity index (χ1n) is 7.79. The number of rotatable bonds is 6. The molecule has 0 atom stereocenters. The molecule has 124 valence electrons. The average Bonchev–Trinajstić information content (AvgIpc) is 3.23. The van der Waals surface area contributed by atoms with E-state index in [-0.39, 0.29) is 18.5 Å². The van der Waals surface area contributed by atoms with Crippen molar-refractivity contribution in [2.24, 2.45) is 0 Å². The Morgan fingerprint density at radius 3 is 2.79 bits per heavy atom. The fourth-order valence-electron chi connectivity index (χ4n) is 2.20. The second-order valence-corrected chi connectivity index (χ2v) is 5.75. The molecule has 0 bridgehead atoms. The van der Waals surface area contributed by atoms with Gasteiger partial charge in [0.05, 0.1) is 24.7 Å². The minimum Gasteiger partial charge on any atom is -0.345 e. The number of aromatic nitrogens is 4. The summed E-state index contributed by atoms with van der Waals surface area (Å²) in [7, 11) is 0. The number of hydrogen-bond donors (Lipinski definition) is 1. The van der Waals surface area contributed by atoms with Crippen LogP contribution in [0.3, 0.4) is 0 Å². The lowest BCUT2D eigenvalue weighted by molar-refractivity contribution is 0.0949. The molecule has 0 spiro atoms. The Morgan fingerprint density at radius 2 is 2.08 bits per heavy atom. The van der Waals surface area contributed by atoms with Crippen LogP contribution in [0.2, 0.25) is 0 Å². The maximum Gasteiger partial charge on any atom is 0.254 e. The van der Waals surface area contributed by atoms with Crippen LogP contribution in [0.5, 0.6) is 0 Å². The Balaban J connectivity index is 1.56. The summed E-state index contributed by atoms with van der Waals surface area (Å²) in [5.41, 5.74) is 1.61. The summed E-state index contributed by atoms with van der Waals surface area (Å²) < 4.78 is 6.95. The number of benzene rings is 1. The summed E-state index contributed by atoms with van der Waals surface area (Å²) >= 11 is 0. The minimum atomic E-state index is -0.212. The Kier molecular flexibility index (Phi) is 4.69. The largest absolute Gasteiger partial charge is 0.345 e. The molecular formula is C17H19N5O2. The van der Waals surface area contributed by atoms with Gasteiger partial charge in [0.25, 0.3) is 5.91 Å². The maximum absolute atomic E-state index is 12.1. The van der Waals surface area contributed by atoms with Crippen molar-refractivity contribution >= 4 is 5.91 Å². The van der Waals surface area contributed by atoms with Gasteiger partial charge in [-0.25, -0.2) is 0 Å². The Morgan fingerprint density at radius 1 is 1.29 bits per heavy atom. The predicted octanol–water partition coefficient (Wildman–Crippen LogP) is 2.37. The third kappa shape index (κ3) is 3.87. The molecule has 0 aliphatic carbocycles. The molecule has 1 aromatic carbocycles. The van der Waals surface area contributed by atoms with Gasteiger partial charge >= 0.3 is 0 Å². The lowest BCUT2D eigenvalue weighted by atomic mass is 10.1. The third-order valence-electron chi connectivity index (χ3n) is 3.51. The minimum absolute atomic E-state index is 0.212. The topological polar surface area (TPSA) is 85.8 Å². The number of hydrogen-bond acceptors (Lipinski definition) is 5. The molecule has 2 heterocycles. The standard InChI is InChI=1S/C17H19N5O2/c1-12(2)22-11-14(9-19-22)17(23)18-10-15-20-16(24-21-15)8-13-6-4-3-5-7-13/h3-7,9,11-12H,8,10H2,1-2H3,(H,18,23). The molecule has 0 aliphatic rings. The van der Waals surface area contributed by atoms with E-state index >= 15 is 0 Å². The van der Waals surface area contributed by atoms with Gasteiger partial charge in [0.15, 0.2) is 5.82 Å². The van der Waals surface area contributed by atoms with Gasteiger partial charge in [-0.3, -0.25) is 9.48 Å². The van der Waals surface area contributed by atoms with Crippen LogP contribution in [0, 0.1) is 0 Å². The number of carbonyl (C=O) groups excluding carboxylic acids is 1. The second kappa shape index (κ2) is 7.08. The first-order valence-corrected chi connectivity index (χ1v) is 7.79. The number of nitrogens with one attached hydrogen (secondary N) is 1. The molecule has 3 rings (SSSR count). The van der Waals surface area contributed by atoms with Crippen LogP contribution >= 0.6 is 0 Å². The van der Waals surface area contributed by atoms with Crippen molar-refractivity contribution in [3.63, 3.8) is 0 Å². The van der Waals surface area contributed by atoms with Crippen molar-refractivity contribution in [1.82, 2.24) is 25.2 Å². The molecule has 0 saturated heterocycles. The molecule has 1 N–H and O–H groups in total. The molecule has 3 aromatic rings. The summed E-state index contributed by atoms with van der Waals surface area (Å²) in [6.07, 6.45) is 3.84. The van der Waals surface area contributed by atoms with Gasteiger partial charge in [0, 0.05) is 12.2 Å². The van der Waals surface area contributed by atoms with Gasteiger partial charge in [-0.05, 0) is 19.4 Å². The first kappa shape index (κ1) is 15.9. The summed E-state index contributed by atoms with van der Waals surface area (Å²) in [5, 5.41) is 10.8. The highest BCUT2D eigenvalue weighted by Gasteiger charge is 2.12. The van der Waals surface area contributed by atoms with Crippen LogP contribution in [0.1, 0.15) is 47.5 Å². The molecule has 0 fully saturated rings. The zero-order valence-corrected chi connectivity index (χ0v) is 13.6. The Hall–Kier alpha value is -2.96. The van der Waals surface area contributed by atoms with Gasteiger partial charge in [0.2, 0.25) is 5.89 Å². The van der Waals surface area contributed by atoms with Crippen LogP contribution in [-0.4, -0.2) is 25.8 Å². The fraction of sp³-hybridized carbons (Fsp3) is 0.294. The van der Waals surface area contributed by atoms with E-state index in [9.17, 15) is 4.79 Å². The van der Waals surface area contributed by atoms with Crippen molar-refractivity contribution in [3.8, 4) is 0 Å².